The van der Waals surface area contributed by atoms with Gasteiger partial charge in [-0.2, -0.15) is 26.3 Å². The van der Waals surface area contributed by atoms with Crippen molar-refractivity contribution in [3.05, 3.63) is 59.7 Å². The Morgan fingerprint density at radius 3 is 2.32 bits per heavy atom. The number of rotatable bonds is 6. The van der Waals surface area contributed by atoms with Crippen LogP contribution in [0.5, 0.6) is 0 Å². The Morgan fingerprint density at radius 2 is 1.71 bits per heavy atom. The largest absolute Gasteiger partial charge is 0.446 e. The Morgan fingerprint density at radius 1 is 1.03 bits per heavy atom. The summed E-state index contributed by atoms with van der Waals surface area (Å²) < 4.78 is 103. The molecule has 1 aliphatic heterocycles. The van der Waals surface area contributed by atoms with E-state index in [0.29, 0.717) is 32.1 Å². The van der Waals surface area contributed by atoms with Crippen LogP contribution in [0.1, 0.15) is 17.5 Å². The second kappa shape index (κ2) is 9.00. The number of likely N-dealkylation sites (tertiary alicyclic amines) is 1. The summed E-state index contributed by atoms with van der Waals surface area (Å²) in [4.78, 5) is 1.54. The van der Waals surface area contributed by atoms with Crippen molar-refractivity contribution in [2.45, 2.75) is 40.5 Å². The van der Waals surface area contributed by atoms with Gasteiger partial charge in [-0.05, 0) is 54.1 Å². The molecule has 1 aliphatic rings. The van der Waals surface area contributed by atoms with Crippen molar-refractivity contribution in [1.29, 1.82) is 0 Å². The molecule has 0 spiro atoms. The summed E-state index contributed by atoms with van der Waals surface area (Å²) >= 11 is -0.201. The molecule has 1 saturated heterocycles. The summed E-state index contributed by atoms with van der Waals surface area (Å²) in [5, 5.41) is 0. The third-order valence-corrected chi connectivity index (χ3v) is 6.89. The second-order valence-corrected chi connectivity index (χ2v) is 9.91. The van der Waals surface area contributed by atoms with E-state index in [2.05, 4.69) is 4.72 Å². The Bertz CT molecular complexity index is 1010. The number of hydrogen-bond donors (Lipinski definition) is 1. The van der Waals surface area contributed by atoms with Crippen LogP contribution in [0, 0.1) is 0 Å². The number of nitrogens with one attached hydrogen (secondary N) is 1. The quantitative estimate of drug-likeness (QED) is 0.470. The number of alkyl halides is 6. The highest BCUT2D eigenvalue weighted by molar-refractivity contribution is 8.00. The van der Waals surface area contributed by atoms with Gasteiger partial charge in [0.15, 0.2) is 0 Å². The van der Waals surface area contributed by atoms with E-state index >= 15 is 0 Å². The molecule has 0 amide bonds. The summed E-state index contributed by atoms with van der Waals surface area (Å²) in [5.41, 5.74) is -4.64. The van der Waals surface area contributed by atoms with Crippen molar-refractivity contribution < 1.29 is 34.8 Å². The molecule has 1 atom stereocenters. The zero-order valence-corrected chi connectivity index (χ0v) is 17.5. The highest BCUT2D eigenvalue weighted by atomic mass is 32.2. The normalized spacial score (nSPS) is 18.5. The lowest BCUT2D eigenvalue weighted by atomic mass is 10.2. The van der Waals surface area contributed by atoms with E-state index in [9.17, 15) is 34.8 Å². The smallest absolute Gasteiger partial charge is 0.297 e. The molecule has 1 N–H and O–H groups in total. The average Bonchev–Trinajstić information content (AvgIpc) is 3.08. The van der Waals surface area contributed by atoms with Gasteiger partial charge in [-0.1, -0.05) is 18.2 Å². The van der Waals surface area contributed by atoms with E-state index in [1.807, 2.05) is 4.90 Å². The summed E-state index contributed by atoms with van der Waals surface area (Å²) in [5.74, 6) is 0. The molecule has 2 aromatic carbocycles. The Hall–Kier alpha value is -1.76. The highest BCUT2D eigenvalue weighted by Gasteiger charge is 2.33. The fourth-order valence-corrected chi connectivity index (χ4v) is 5.10. The molecule has 0 aliphatic carbocycles. The van der Waals surface area contributed by atoms with Crippen molar-refractivity contribution in [3.8, 4) is 0 Å². The predicted molar refractivity (Wildman–Crippen MR) is 104 cm³/mol. The minimum atomic E-state index is -4.65. The van der Waals surface area contributed by atoms with Crippen molar-refractivity contribution in [2.75, 3.05) is 13.1 Å². The number of benzene rings is 2. The van der Waals surface area contributed by atoms with E-state index in [1.54, 1.807) is 12.1 Å². The molecule has 31 heavy (non-hydrogen) atoms. The van der Waals surface area contributed by atoms with E-state index in [-0.39, 0.29) is 16.7 Å². The lowest BCUT2D eigenvalue weighted by Gasteiger charge is -2.17. The molecule has 0 saturated carbocycles. The molecule has 1 fully saturated rings. The van der Waals surface area contributed by atoms with Crippen molar-refractivity contribution in [1.82, 2.24) is 9.62 Å². The van der Waals surface area contributed by atoms with Crippen LogP contribution in [0.4, 0.5) is 26.3 Å². The predicted octanol–water partition coefficient (Wildman–Crippen LogP) is 4.87. The van der Waals surface area contributed by atoms with Gasteiger partial charge in [0, 0.05) is 30.6 Å². The first-order valence-corrected chi connectivity index (χ1v) is 11.4. The van der Waals surface area contributed by atoms with E-state index in [4.69, 9.17) is 0 Å². The minimum absolute atomic E-state index is 0.0735. The lowest BCUT2D eigenvalue weighted by molar-refractivity contribution is -0.137. The minimum Gasteiger partial charge on any atom is -0.297 e. The molecule has 170 valence electrons. The molecular weight excluding hydrogens is 466 g/mol. The topological polar surface area (TPSA) is 49.4 Å². The van der Waals surface area contributed by atoms with Gasteiger partial charge in [-0.15, -0.1) is 0 Å². The number of hydrogen-bond acceptors (Lipinski definition) is 4. The first-order chi connectivity index (χ1) is 14.3. The summed E-state index contributed by atoms with van der Waals surface area (Å²) in [7, 11) is -4.13. The fraction of sp³-hybridized carbons (Fsp3) is 0.368. The summed E-state index contributed by atoms with van der Waals surface area (Å²) in [6, 6.07) is 8.95. The van der Waals surface area contributed by atoms with Crippen LogP contribution in [0.15, 0.2) is 58.3 Å². The van der Waals surface area contributed by atoms with Gasteiger partial charge < -0.3 is 0 Å². The molecule has 0 radical (unpaired) electrons. The Kier molecular flexibility index (Phi) is 6.94. The number of halogens is 6. The first-order valence-electron chi connectivity index (χ1n) is 9.08. The SMILES string of the molecule is O=S(=O)(N[C@@H]1CCN(Cc2ccc(SC(F)(F)F)cc2)C1)c1cccc(C(F)(F)F)c1. The molecule has 0 aromatic heterocycles. The zero-order chi connectivity index (χ0) is 22.9. The number of sulfonamides is 1. The van der Waals surface area contributed by atoms with Gasteiger partial charge >= 0.3 is 11.7 Å². The number of thioether (sulfide) groups is 1. The van der Waals surface area contributed by atoms with Gasteiger partial charge in [0.25, 0.3) is 0 Å². The third kappa shape index (κ3) is 6.86. The van der Waals surface area contributed by atoms with Crippen LogP contribution in [-0.2, 0) is 22.7 Å². The fourth-order valence-electron chi connectivity index (χ4n) is 3.25. The van der Waals surface area contributed by atoms with Crippen LogP contribution in [0.2, 0.25) is 0 Å². The molecule has 2 aromatic rings. The van der Waals surface area contributed by atoms with E-state index in [0.717, 1.165) is 23.8 Å². The van der Waals surface area contributed by atoms with Gasteiger partial charge in [0.1, 0.15) is 0 Å². The van der Waals surface area contributed by atoms with Gasteiger partial charge in [0.2, 0.25) is 10.0 Å². The maximum Gasteiger partial charge on any atom is 0.446 e. The Labute approximate surface area is 179 Å². The van der Waals surface area contributed by atoms with E-state index in [1.165, 1.54) is 12.1 Å². The third-order valence-electron chi connectivity index (χ3n) is 4.63. The summed E-state index contributed by atoms with van der Waals surface area (Å²) in [6.07, 6.45) is -4.19. The monoisotopic (exact) mass is 484 g/mol. The number of nitrogens with zero attached hydrogens (tertiary/aromatic N) is 1. The van der Waals surface area contributed by atoms with Crippen molar-refractivity contribution in [2.24, 2.45) is 0 Å². The van der Waals surface area contributed by atoms with Crippen LogP contribution < -0.4 is 4.72 Å². The standard InChI is InChI=1S/C19H18F6N2O2S2/c20-18(21,22)14-2-1-3-17(10-14)31(28,29)26-15-8-9-27(12-15)11-13-4-6-16(7-5-13)30-19(23,24)25/h1-7,10,15,26H,8-9,11-12H2/t15-/m1/s1. The molecule has 1 heterocycles. The molecule has 3 rings (SSSR count). The maximum absolute atomic E-state index is 12.8. The molecule has 0 unspecified atom stereocenters. The zero-order valence-electron chi connectivity index (χ0n) is 15.9. The molecule has 12 heteroatoms. The van der Waals surface area contributed by atoms with Crippen LogP contribution in [0.3, 0.4) is 0 Å². The van der Waals surface area contributed by atoms with Crippen LogP contribution in [0.25, 0.3) is 0 Å². The van der Waals surface area contributed by atoms with Gasteiger partial charge in [-0.3, -0.25) is 4.90 Å². The Balaban J connectivity index is 1.59. The maximum atomic E-state index is 12.8. The van der Waals surface area contributed by atoms with Crippen molar-refractivity contribution >= 4 is 21.8 Å². The average molecular weight is 484 g/mol. The van der Waals surface area contributed by atoms with Gasteiger partial charge in [-0.25, -0.2) is 13.1 Å². The molecule has 0 bridgehead atoms. The van der Waals surface area contributed by atoms with Crippen molar-refractivity contribution in [3.63, 3.8) is 0 Å². The lowest BCUT2D eigenvalue weighted by Crippen LogP contribution is -2.37. The summed E-state index contributed by atoms with van der Waals surface area (Å²) in [6.45, 7) is 1.28. The van der Waals surface area contributed by atoms with E-state index < -0.39 is 38.2 Å². The molecule has 4 nitrogen and oxygen atoms in total. The van der Waals surface area contributed by atoms with Crippen LogP contribution >= 0.6 is 11.8 Å². The second-order valence-electron chi connectivity index (χ2n) is 7.06. The highest BCUT2D eigenvalue weighted by Crippen LogP contribution is 2.36. The molecular formula is C19H18F6N2O2S2. The first kappa shape index (κ1) is 23.9. The van der Waals surface area contributed by atoms with Crippen LogP contribution in [-0.4, -0.2) is 38.0 Å². The van der Waals surface area contributed by atoms with Gasteiger partial charge in [0.05, 0.1) is 10.5 Å².